The average Bonchev–Trinajstić information content (AvgIpc) is 3.68. The van der Waals surface area contributed by atoms with Crippen molar-refractivity contribution >= 4 is 43.9 Å². The van der Waals surface area contributed by atoms with Crippen LogP contribution < -0.4 is 0 Å². The van der Waals surface area contributed by atoms with E-state index in [1.54, 1.807) is 0 Å². The maximum Gasteiger partial charge on any atom is 0.178 e. The Morgan fingerprint density at radius 1 is 0.522 bits per heavy atom. The molecule has 9 aromatic rings. The molecule has 1 radical (unpaired) electrons. The van der Waals surface area contributed by atoms with Gasteiger partial charge in [0.05, 0.1) is 0 Å². The number of pyridine rings is 2. The van der Waals surface area contributed by atoms with Crippen molar-refractivity contribution in [2.45, 2.75) is 6.92 Å². The van der Waals surface area contributed by atoms with Crippen LogP contribution in [0.3, 0.4) is 0 Å². The molecular formula is C41H26IrN2O2-2. The summed E-state index contributed by atoms with van der Waals surface area (Å²) in [5.41, 5.74) is 10.6. The first-order valence-electron chi connectivity index (χ1n) is 14.8. The standard InChI is InChI=1S/C29H16NO2.C12H10N.Ir/c1-2-6-18(7-3-1)25-17-20(14-15-30-25)19-10-13-27-24(16-19)23-12-11-22-21-8-4-5-9-26(21)31-28(22)29(23)32-27;1-10-7-8-12(13-9-10)11-5-3-2-4-6-11;/h1-6,8-17H;2-5,7-9H,1H3;/q2*-1;. The molecule has 223 valence electrons. The van der Waals surface area contributed by atoms with Crippen LogP contribution in [0, 0.1) is 19.1 Å². The topological polar surface area (TPSA) is 52.1 Å². The number of nitrogens with zero attached hydrogens (tertiary/aromatic N) is 2. The number of aryl methyl sites for hydroxylation is 1. The molecule has 0 aliphatic carbocycles. The molecule has 4 nitrogen and oxygen atoms in total. The van der Waals surface area contributed by atoms with Crippen molar-refractivity contribution in [3.63, 3.8) is 0 Å². The maximum atomic E-state index is 6.27. The predicted molar refractivity (Wildman–Crippen MR) is 182 cm³/mol. The molecular weight excluding hydrogens is 745 g/mol. The van der Waals surface area contributed by atoms with Crippen LogP contribution in [0.2, 0.25) is 0 Å². The largest absolute Gasteiger partial charge is 0.452 e. The molecule has 0 bridgehead atoms. The smallest absolute Gasteiger partial charge is 0.178 e. The third kappa shape index (κ3) is 5.52. The molecule has 4 heterocycles. The monoisotopic (exact) mass is 771 g/mol. The maximum absolute atomic E-state index is 6.27. The van der Waals surface area contributed by atoms with Gasteiger partial charge in [0.15, 0.2) is 11.2 Å². The molecule has 0 aliphatic heterocycles. The van der Waals surface area contributed by atoms with Crippen LogP contribution in [0.5, 0.6) is 0 Å². The Morgan fingerprint density at radius 3 is 1.87 bits per heavy atom. The normalized spacial score (nSPS) is 11.0. The molecule has 0 N–H and O–H groups in total. The first-order chi connectivity index (χ1) is 22.2. The summed E-state index contributed by atoms with van der Waals surface area (Å²) in [5, 5.41) is 4.31. The predicted octanol–water partition coefficient (Wildman–Crippen LogP) is 10.9. The van der Waals surface area contributed by atoms with Gasteiger partial charge in [-0.3, -0.25) is 0 Å². The fourth-order valence-electron chi connectivity index (χ4n) is 5.69. The summed E-state index contributed by atoms with van der Waals surface area (Å²) in [5.74, 6) is 0. The summed E-state index contributed by atoms with van der Waals surface area (Å²) in [6.45, 7) is 2.03. The van der Waals surface area contributed by atoms with E-state index in [1.165, 1.54) is 5.56 Å². The summed E-state index contributed by atoms with van der Waals surface area (Å²) in [4.78, 5) is 8.85. The van der Waals surface area contributed by atoms with E-state index in [-0.39, 0.29) is 20.1 Å². The van der Waals surface area contributed by atoms with E-state index < -0.39 is 0 Å². The van der Waals surface area contributed by atoms with Crippen molar-refractivity contribution in [1.29, 1.82) is 0 Å². The zero-order valence-electron chi connectivity index (χ0n) is 24.8. The van der Waals surface area contributed by atoms with Crippen molar-refractivity contribution in [2.24, 2.45) is 0 Å². The number of benzene rings is 5. The zero-order chi connectivity index (χ0) is 30.2. The number of furan rings is 2. The van der Waals surface area contributed by atoms with Gasteiger partial charge in [-0.05, 0) is 71.4 Å². The summed E-state index contributed by atoms with van der Waals surface area (Å²) in [6.07, 6.45) is 3.72. The molecule has 46 heavy (non-hydrogen) atoms. The number of hydrogen-bond donors (Lipinski definition) is 0. The van der Waals surface area contributed by atoms with Crippen molar-refractivity contribution in [3.05, 3.63) is 157 Å². The quantitative estimate of drug-likeness (QED) is 0.168. The van der Waals surface area contributed by atoms with Gasteiger partial charge in [0.2, 0.25) is 0 Å². The zero-order valence-corrected chi connectivity index (χ0v) is 27.2. The Kier molecular flexibility index (Phi) is 8.02. The van der Waals surface area contributed by atoms with E-state index in [1.807, 2.05) is 104 Å². The van der Waals surface area contributed by atoms with Gasteiger partial charge in [0.1, 0.15) is 11.2 Å². The van der Waals surface area contributed by atoms with Crippen LogP contribution in [0.25, 0.3) is 77.5 Å². The van der Waals surface area contributed by atoms with Gasteiger partial charge in [0, 0.05) is 54.0 Å². The molecule has 4 aromatic heterocycles. The first-order valence-corrected chi connectivity index (χ1v) is 14.8. The van der Waals surface area contributed by atoms with Gasteiger partial charge in [-0.1, -0.05) is 42.5 Å². The van der Waals surface area contributed by atoms with E-state index in [2.05, 4.69) is 64.6 Å². The third-order valence-electron chi connectivity index (χ3n) is 7.96. The van der Waals surface area contributed by atoms with E-state index in [0.29, 0.717) is 0 Å². The second-order valence-corrected chi connectivity index (χ2v) is 10.9. The molecule has 0 saturated heterocycles. The van der Waals surface area contributed by atoms with Gasteiger partial charge in [-0.15, -0.1) is 71.8 Å². The van der Waals surface area contributed by atoms with Crippen molar-refractivity contribution < 1.29 is 28.9 Å². The SMILES string of the molecule is Cc1ccc(-c2[c-]cccc2)nc1.[Ir].[c-]1ccccc1-c1cc(-c2ccc3oc4c(ccc5c6ccccc6oc54)c3c2)ccn1. The second kappa shape index (κ2) is 12.6. The average molecular weight is 771 g/mol. The van der Waals surface area contributed by atoms with Gasteiger partial charge >= 0.3 is 0 Å². The Hall–Kier alpha value is -5.35. The van der Waals surface area contributed by atoms with Crippen molar-refractivity contribution in [1.82, 2.24) is 9.97 Å². The number of aromatic nitrogens is 2. The summed E-state index contributed by atoms with van der Waals surface area (Å²) >= 11 is 0. The van der Waals surface area contributed by atoms with Gasteiger partial charge in [-0.25, -0.2) is 0 Å². The van der Waals surface area contributed by atoms with Crippen LogP contribution in [-0.4, -0.2) is 9.97 Å². The van der Waals surface area contributed by atoms with Crippen LogP contribution in [0.1, 0.15) is 5.56 Å². The molecule has 0 amide bonds. The molecule has 5 heteroatoms. The Bertz CT molecular complexity index is 2430. The van der Waals surface area contributed by atoms with Crippen LogP contribution in [0.15, 0.2) is 149 Å². The molecule has 0 aliphatic rings. The van der Waals surface area contributed by atoms with Crippen molar-refractivity contribution in [2.75, 3.05) is 0 Å². The summed E-state index contributed by atoms with van der Waals surface area (Å²) < 4.78 is 12.4. The van der Waals surface area contributed by atoms with Crippen molar-refractivity contribution in [3.8, 4) is 33.6 Å². The van der Waals surface area contributed by atoms with Crippen LogP contribution in [-0.2, 0) is 20.1 Å². The molecule has 0 fully saturated rings. The van der Waals surface area contributed by atoms with Gasteiger partial charge < -0.3 is 18.8 Å². The fourth-order valence-corrected chi connectivity index (χ4v) is 5.69. The minimum atomic E-state index is 0. The summed E-state index contributed by atoms with van der Waals surface area (Å²) in [7, 11) is 0. The minimum absolute atomic E-state index is 0. The molecule has 0 saturated carbocycles. The Labute approximate surface area is 279 Å². The van der Waals surface area contributed by atoms with E-state index in [4.69, 9.17) is 8.83 Å². The summed E-state index contributed by atoms with van der Waals surface area (Å²) in [6, 6.07) is 49.0. The van der Waals surface area contributed by atoms with Crippen LogP contribution in [0.4, 0.5) is 0 Å². The Balaban J connectivity index is 0.000000204. The number of para-hydroxylation sites is 1. The number of rotatable bonds is 3. The van der Waals surface area contributed by atoms with E-state index in [9.17, 15) is 0 Å². The van der Waals surface area contributed by atoms with E-state index >= 15 is 0 Å². The first kappa shape index (κ1) is 29.4. The molecule has 0 unspecified atom stereocenters. The second-order valence-electron chi connectivity index (χ2n) is 10.9. The Morgan fingerprint density at radius 2 is 1.17 bits per heavy atom. The van der Waals surface area contributed by atoms with Crippen LogP contribution >= 0.6 is 0 Å². The molecule has 0 spiro atoms. The fraction of sp³-hybridized carbons (Fsp3) is 0.0244. The van der Waals surface area contributed by atoms with Gasteiger partial charge in [0.25, 0.3) is 0 Å². The van der Waals surface area contributed by atoms with E-state index in [0.717, 1.165) is 77.5 Å². The molecule has 9 rings (SSSR count). The number of hydrogen-bond acceptors (Lipinski definition) is 4. The molecule has 5 aromatic carbocycles. The number of fused-ring (bicyclic) bond motifs is 7. The minimum Gasteiger partial charge on any atom is -0.452 e. The molecule has 0 atom stereocenters. The third-order valence-corrected chi connectivity index (χ3v) is 7.96. The van der Waals surface area contributed by atoms with Gasteiger partial charge in [-0.2, -0.15) is 0 Å².